The molecule has 2 aromatic rings. The third-order valence-corrected chi connectivity index (χ3v) is 4.14. The highest BCUT2D eigenvalue weighted by atomic mass is 79.9. The maximum absolute atomic E-state index is 13.4. The summed E-state index contributed by atoms with van der Waals surface area (Å²) in [5, 5.41) is 0. The van der Waals surface area contributed by atoms with Gasteiger partial charge in [-0.05, 0) is 24.3 Å². The number of hydrogen-bond donors (Lipinski definition) is 1. The van der Waals surface area contributed by atoms with Gasteiger partial charge < -0.3 is 10.5 Å². The van der Waals surface area contributed by atoms with E-state index >= 15 is 0 Å². The molecular formula is C15H12BrF2NO. The molecule has 0 aliphatic carbocycles. The first-order valence-electron chi connectivity index (χ1n) is 6.21. The van der Waals surface area contributed by atoms with Crippen molar-refractivity contribution in [3.8, 4) is 5.75 Å². The minimum atomic E-state index is -0.399. The first-order valence-corrected chi connectivity index (χ1v) is 7.00. The second-order valence-electron chi connectivity index (χ2n) is 4.80. The predicted molar refractivity (Wildman–Crippen MR) is 75.4 cm³/mol. The van der Waals surface area contributed by atoms with Gasteiger partial charge in [-0.1, -0.05) is 22.0 Å². The fourth-order valence-corrected chi connectivity index (χ4v) is 2.93. The standard InChI is InChI=1S/C15H12BrF2NO/c16-12-4-2-8(17)5-11(12)15-7-13(19)10-3-1-9(18)6-14(10)20-15/h1-6,13,15H,7,19H2/t13-,15?/m1/s1. The molecular weight excluding hydrogens is 328 g/mol. The van der Waals surface area contributed by atoms with Crippen molar-refractivity contribution >= 4 is 15.9 Å². The Labute approximate surface area is 123 Å². The summed E-state index contributed by atoms with van der Waals surface area (Å²) in [5.41, 5.74) is 7.55. The molecule has 1 unspecified atom stereocenters. The molecule has 20 heavy (non-hydrogen) atoms. The number of rotatable bonds is 1. The number of ether oxygens (including phenoxy) is 1. The van der Waals surface area contributed by atoms with E-state index < -0.39 is 6.10 Å². The molecule has 0 aromatic heterocycles. The highest BCUT2D eigenvalue weighted by molar-refractivity contribution is 9.10. The van der Waals surface area contributed by atoms with Crippen molar-refractivity contribution in [2.75, 3.05) is 0 Å². The van der Waals surface area contributed by atoms with Gasteiger partial charge in [0, 0.05) is 34.1 Å². The van der Waals surface area contributed by atoms with Crippen molar-refractivity contribution in [2.45, 2.75) is 18.6 Å². The lowest BCUT2D eigenvalue weighted by Crippen LogP contribution is -2.24. The van der Waals surface area contributed by atoms with Crippen LogP contribution in [0.2, 0.25) is 0 Å². The van der Waals surface area contributed by atoms with Gasteiger partial charge in [-0.3, -0.25) is 0 Å². The van der Waals surface area contributed by atoms with E-state index in [0.717, 1.165) is 10.0 Å². The Bertz CT molecular complexity index is 662. The maximum Gasteiger partial charge on any atom is 0.127 e. The minimum absolute atomic E-state index is 0.264. The molecule has 2 nitrogen and oxygen atoms in total. The van der Waals surface area contributed by atoms with Crippen LogP contribution in [0.5, 0.6) is 5.75 Å². The first-order chi connectivity index (χ1) is 9.54. The molecule has 0 spiro atoms. The monoisotopic (exact) mass is 339 g/mol. The van der Waals surface area contributed by atoms with Crippen LogP contribution in [-0.2, 0) is 0 Å². The number of fused-ring (bicyclic) bond motifs is 1. The third-order valence-electron chi connectivity index (χ3n) is 3.42. The molecule has 1 aliphatic rings. The Morgan fingerprint density at radius 1 is 1.05 bits per heavy atom. The number of halogens is 3. The Morgan fingerprint density at radius 3 is 2.55 bits per heavy atom. The largest absolute Gasteiger partial charge is 0.485 e. The molecule has 0 radical (unpaired) electrons. The van der Waals surface area contributed by atoms with E-state index in [1.54, 1.807) is 12.1 Å². The van der Waals surface area contributed by atoms with E-state index in [1.807, 2.05) is 0 Å². The summed E-state index contributed by atoms with van der Waals surface area (Å²) < 4.78 is 33.2. The molecule has 5 heteroatoms. The summed E-state index contributed by atoms with van der Waals surface area (Å²) in [6, 6.07) is 8.44. The Hall–Kier alpha value is -1.46. The molecule has 0 amide bonds. The molecule has 3 rings (SSSR count). The molecule has 104 valence electrons. The number of hydrogen-bond acceptors (Lipinski definition) is 2. The van der Waals surface area contributed by atoms with Crippen LogP contribution in [0.4, 0.5) is 8.78 Å². The lowest BCUT2D eigenvalue weighted by molar-refractivity contribution is 0.159. The van der Waals surface area contributed by atoms with Crippen molar-refractivity contribution in [3.05, 3.63) is 63.6 Å². The van der Waals surface area contributed by atoms with Crippen LogP contribution in [0.25, 0.3) is 0 Å². The average molecular weight is 340 g/mol. The zero-order valence-electron chi connectivity index (χ0n) is 10.4. The highest BCUT2D eigenvalue weighted by Gasteiger charge is 2.28. The van der Waals surface area contributed by atoms with Crippen LogP contribution in [0.1, 0.15) is 29.7 Å². The van der Waals surface area contributed by atoms with Crippen molar-refractivity contribution < 1.29 is 13.5 Å². The quantitative estimate of drug-likeness (QED) is 0.842. The summed E-state index contributed by atoms with van der Waals surface area (Å²) in [6.45, 7) is 0. The molecule has 0 saturated carbocycles. The van der Waals surface area contributed by atoms with Crippen LogP contribution in [0, 0.1) is 11.6 Å². The molecule has 2 aromatic carbocycles. The van der Waals surface area contributed by atoms with Crippen LogP contribution in [-0.4, -0.2) is 0 Å². The van der Waals surface area contributed by atoms with Crippen molar-refractivity contribution in [2.24, 2.45) is 5.73 Å². The first kappa shape index (κ1) is 13.5. The van der Waals surface area contributed by atoms with Gasteiger partial charge in [0.1, 0.15) is 23.5 Å². The molecule has 0 saturated heterocycles. The molecule has 2 N–H and O–H groups in total. The highest BCUT2D eigenvalue weighted by Crippen LogP contribution is 2.41. The molecule has 1 aliphatic heterocycles. The summed E-state index contributed by atoms with van der Waals surface area (Å²) in [4.78, 5) is 0. The third kappa shape index (κ3) is 2.43. The fourth-order valence-electron chi connectivity index (χ4n) is 2.43. The van der Waals surface area contributed by atoms with Gasteiger partial charge in [0.15, 0.2) is 0 Å². The van der Waals surface area contributed by atoms with Crippen LogP contribution in [0.3, 0.4) is 0 Å². The summed E-state index contributed by atoms with van der Waals surface area (Å²) in [5.74, 6) is -0.301. The zero-order valence-corrected chi connectivity index (χ0v) is 12.0. The maximum atomic E-state index is 13.4. The van der Waals surface area contributed by atoms with Gasteiger partial charge in [0.2, 0.25) is 0 Å². The Balaban J connectivity index is 2.00. The molecule has 0 bridgehead atoms. The summed E-state index contributed by atoms with van der Waals surface area (Å²) >= 11 is 3.38. The molecule has 0 fully saturated rings. The van der Waals surface area contributed by atoms with Crippen LogP contribution >= 0.6 is 15.9 Å². The lowest BCUT2D eigenvalue weighted by Gasteiger charge is -2.31. The Morgan fingerprint density at radius 2 is 1.75 bits per heavy atom. The van der Waals surface area contributed by atoms with Crippen molar-refractivity contribution in [1.82, 2.24) is 0 Å². The van der Waals surface area contributed by atoms with E-state index in [0.29, 0.717) is 17.7 Å². The fraction of sp³-hybridized carbons (Fsp3) is 0.200. The van der Waals surface area contributed by atoms with Crippen molar-refractivity contribution in [3.63, 3.8) is 0 Å². The van der Waals surface area contributed by atoms with Gasteiger partial charge in [-0.25, -0.2) is 8.78 Å². The SMILES string of the molecule is N[C@@H]1CC(c2cc(F)ccc2Br)Oc2cc(F)ccc21. The van der Waals surface area contributed by atoms with Gasteiger partial charge >= 0.3 is 0 Å². The lowest BCUT2D eigenvalue weighted by atomic mass is 9.93. The van der Waals surface area contributed by atoms with E-state index in [4.69, 9.17) is 10.5 Å². The summed E-state index contributed by atoms with van der Waals surface area (Å²) in [6.07, 6.45) is 0.116. The van der Waals surface area contributed by atoms with Crippen molar-refractivity contribution in [1.29, 1.82) is 0 Å². The topological polar surface area (TPSA) is 35.2 Å². The van der Waals surface area contributed by atoms with E-state index in [2.05, 4.69) is 15.9 Å². The van der Waals surface area contributed by atoms with Gasteiger partial charge in [0.25, 0.3) is 0 Å². The van der Waals surface area contributed by atoms with Crippen LogP contribution in [0.15, 0.2) is 40.9 Å². The Kier molecular flexibility index (Phi) is 3.48. The van der Waals surface area contributed by atoms with Crippen LogP contribution < -0.4 is 10.5 Å². The van der Waals surface area contributed by atoms with Gasteiger partial charge in [-0.15, -0.1) is 0 Å². The minimum Gasteiger partial charge on any atom is -0.485 e. The number of nitrogens with two attached hydrogens (primary N) is 1. The predicted octanol–water partition coefficient (Wildman–Crippen LogP) is 4.25. The smallest absolute Gasteiger partial charge is 0.127 e. The average Bonchev–Trinajstić information content (AvgIpc) is 2.41. The zero-order chi connectivity index (χ0) is 14.3. The summed E-state index contributed by atoms with van der Waals surface area (Å²) in [7, 11) is 0. The normalized spacial score (nSPS) is 21.2. The van der Waals surface area contributed by atoms with Gasteiger partial charge in [-0.2, -0.15) is 0 Å². The van der Waals surface area contributed by atoms with E-state index in [9.17, 15) is 8.78 Å². The van der Waals surface area contributed by atoms with E-state index in [-0.39, 0.29) is 17.7 Å². The second-order valence-corrected chi connectivity index (χ2v) is 5.65. The molecule has 1 heterocycles. The second kappa shape index (κ2) is 5.14. The van der Waals surface area contributed by atoms with E-state index in [1.165, 1.54) is 24.3 Å². The number of benzene rings is 2. The van der Waals surface area contributed by atoms with Gasteiger partial charge in [0.05, 0.1) is 0 Å². The molecule has 2 atom stereocenters.